The van der Waals surface area contributed by atoms with Crippen LogP contribution in [0.15, 0.2) is 36.1 Å². The Morgan fingerprint density at radius 3 is 2.57 bits per heavy atom. The maximum Gasteiger partial charge on any atom is 0.335 e. The lowest BCUT2D eigenvalue weighted by Crippen LogP contribution is -2.53. The van der Waals surface area contributed by atoms with Gasteiger partial charge in [-0.1, -0.05) is 46.6 Å². The summed E-state index contributed by atoms with van der Waals surface area (Å²) >= 11 is 0. The normalized spacial score (nSPS) is 36.0. The fourth-order valence-corrected chi connectivity index (χ4v) is 10.5. The molecule has 0 bridgehead atoms. The third kappa shape index (κ3) is 6.06. The van der Waals surface area contributed by atoms with Gasteiger partial charge in [0.25, 0.3) is 0 Å². The van der Waals surface area contributed by atoms with Gasteiger partial charge in [0.15, 0.2) is 11.5 Å². The number of phenols is 1. The van der Waals surface area contributed by atoms with Crippen LogP contribution in [0.4, 0.5) is 0 Å². The maximum atomic E-state index is 12.3. The molecule has 1 unspecified atom stereocenters. The molecule has 4 aliphatic rings. The van der Waals surface area contributed by atoms with Gasteiger partial charge in [0.05, 0.1) is 13.4 Å². The number of ether oxygens (including phenoxy) is 2. The zero-order valence-electron chi connectivity index (χ0n) is 27.2. The molecule has 0 saturated heterocycles. The highest BCUT2D eigenvalue weighted by atomic mass is 16.5. The van der Waals surface area contributed by atoms with Crippen LogP contribution in [0.1, 0.15) is 117 Å². The molecular formula is C38H56O4. The molecule has 0 aromatic heterocycles. The molecule has 9 atom stereocenters. The lowest BCUT2D eigenvalue weighted by molar-refractivity contribution is -0.132. The summed E-state index contributed by atoms with van der Waals surface area (Å²) in [5, 5.41) is 9.75. The number of phenolic OH excluding ortho intramolecular Hbond substituents is 1. The molecule has 232 valence electrons. The van der Waals surface area contributed by atoms with Crippen molar-refractivity contribution < 1.29 is 19.4 Å². The summed E-state index contributed by atoms with van der Waals surface area (Å²) in [5.41, 5.74) is 3.03. The van der Waals surface area contributed by atoms with Gasteiger partial charge in [-0.15, -0.1) is 0 Å². The minimum atomic E-state index is -0.404. The first kappa shape index (κ1) is 31.2. The summed E-state index contributed by atoms with van der Waals surface area (Å²) in [6.45, 7) is 12.3. The molecule has 4 heteroatoms. The molecule has 0 amide bonds. The van der Waals surface area contributed by atoms with Gasteiger partial charge in [-0.2, -0.15) is 0 Å². The predicted molar refractivity (Wildman–Crippen MR) is 171 cm³/mol. The summed E-state index contributed by atoms with van der Waals surface area (Å²) in [5.74, 6) is 5.92. The highest BCUT2D eigenvalue weighted by Gasteiger charge is 2.60. The summed E-state index contributed by atoms with van der Waals surface area (Å²) in [6.07, 6.45) is 21.8. The van der Waals surface area contributed by atoms with E-state index in [9.17, 15) is 9.90 Å². The highest BCUT2D eigenvalue weighted by Crippen LogP contribution is 2.68. The van der Waals surface area contributed by atoms with E-state index in [1.54, 1.807) is 30.5 Å². The quantitative estimate of drug-likeness (QED) is 0.181. The maximum absolute atomic E-state index is 12.3. The monoisotopic (exact) mass is 576 g/mol. The molecule has 4 saturated carbocycles. The number of methoxy groups -OCH3 is 1. The van der Waals surface area contributed by atoms with Crippen molar-refractivity contribution >= 4 is 12.0 Å². The Labute approximate surface area is 255 Å². The molecule has 4 aliphatic carbocycles. The average Bonchev–Trinajstić information content (AvgIpc) is 3.35. The molecule has 0 radical (unpaired) electrons. The topological polar surface area (TPSA) is 55.8 Å². The molecule has 0 spiro atoms. The van der Waals surface area contributed by atoms with Crippen LogP contribution >= 0.6 is 0 Å². The van der Waals surface area contributed by atoms with Crippen LogP contribution in [-0.2, 0) is 9.53 Å². The summed E-state index contributed by atoms with van der Waals surface area (Å²) in [7, 11) is 1.50. The SMILES string of the molecule is COc1cc(/C=C/C(=O)OC=C(C)[C@H](C)CC[C@@H](C)[C@H]2CC[C@H]3[C@@H]4CCC5CCCC[C@]5(C)[C@H]4CC[C@]23C)ccc1O. The van der Waals surface area contributed by atoms with E-state index >= 15 is 0 Å². The van der Waals surface area contributed by atoms with Gasteiger partial charge in [0, 0.05) is 6.08 Å². The Morgan fingerprint density at radius 2 is 1.79 bits per heavy atom. The van der Waals surface area contributed by atoms with E-state index in [1.165, 1.54) is 83.8 Å². The van der Waals surface area contributed by atoms with Crippen LogP contribution in [0.3, 0.4) is 0 Å². The van der Waals surface area contributed by atoms with Gasteiger partial charge in [0.2, 0.25) is 0 Å². The van der Waals surface area contributed by atoms with E-state index in [0.29, 0.717) is 22.5 Å². The third-order valence-electron chi connectivity index (χ3n) is 13.2. The number of aromatic hydroxyl groups is 1. The lowest BCUT2D eigenvalue weighted by atomic mass is 9.44. The lowest BCUT2D eigenvalue weighted by Gasteiger charge is -2.61. The molecule has 5 rings (SSSR count). The van der Waals surface area contributed by atoms with E-state index in [4.69, 9.17) is 9.47 Å². The van der Waals surface area contributed by atoms with Crippen molar-refractivity contribution in [2.24, 2.45) is 52.3 Å². The third-order valence-corrected chi connectivity index (χ3v) is 13.2. The van der Waals surface area contributed by atoms with E-state index < -0.39 is 5.97 Å². The number of carbonyl (C=O) groups excluding carboxylic acids is 1. The minimum absolute atomic E-state index is 0.0734. The summed E-state index contributed by atoms with van der Waals surface area (Å²) < 4.78 is 10.6. The van der Waals surface area contributed by atoms with E-state index in [0.717, 1.165) is 53.1 Å². The van der Waals surface area contributed by atoms with Crippen molar-refractivity contribution in [3.8, 4) is 11.5 Å². The molecule has 1 N–H and O–H groups in total. The van der Waals surface area contributed by atoms with E-state index in [1.807, 2.05) is 0 Å². The second-order valence-corrected chi connectivity index (χ2v) is 15.2. The molecule has 4 nitrogen and oxygen atoms in total. The smallest absolute Gasteiger partial charge is 0.335 e. The first-order valence-corrected chi connectivity index (χ1v) is 17.0. The van der Waals surface area contributed by atoms with Gasteiger partial charge in [-0.05, 0) is 153 Å². The first-order chi connectivity index (χ1) is 20.1. The molecule has 1 aromatic rings. The van der Waals surface area contributed by atoms with Crippen LogP contribution < -0.4 is 4.74 Å². The number of hydrogen-bond acceptors (Lipinski definition) is 4. The molecule has 0 aliphatic heterocycles. The number of rotatable bonds is 9. The first-order valence-electron chi connectivity index (χ1n) is 17.0. The van der Waals surface area contributed by atoms with Gasteiger partial charge in [-0.3, -0.25) is 0 Å². The second-order valence-electron chi connectivity index (χ2n) is 15.2. The molecular weight excluding hydrogens is 520 g/mol. The Balaban J connectivity index is 1.12. The summed E-state index contributed by atoms with van der Waals surface area (Å²) in [4.78, 5) is 12.3. The van der Waals surface area contributed by atoms with Gasteiger partial charge in [0.1, 0.15) is 0 Å². The second kappa shape index (κ2) is 12.8. The molecule has 4 fully saturated rings. The van der Waals surface area contributed by atoms with Gasteiger partial charge < -0.3 is 14.6 Å². The number of fused-ring (bicyclic) bond motifs is 5. The van der Waals surface area contributed by atoms with Crippen molar-refractivity contribution in [3.63, 3.8) is 0 Å². The predicted octanol–water partition coefficient (Wildman–Crippen LogP) is 9.96. The standard InChI is InChI=1S/C38H56O4/c1-25(27(3)24-42-36(40)19-13-28-12-18-34(39)35(23-28)41-6)10-11-26(2)31-16-17-32-30-15-14-29-9-7-8-21-37(29,4)33(30)20-22-38(31,32)5/h12-13,18-19,23-26,29-33,39H,7-11,14-17,20-22H2,1-6H3/b19-13+,27-24?/t25-,26-,29?,30+,31-,32+,33+,37+,38-/m1/s1. The van der Waals surface area contributed by atoms with Crippen LogP contribution in [0.2, 0.25) is 0 Å². The van der Waals surface area contributed by atoms with Gasteiger partial charge >= 0.3 is 5.97 Å². The number of esters is 1. The fourth-order valence-electron chi connectivity index (χ4n) is 10.5. The molecule has 0 heterocycles. The van der Waals surface area contributed by atoms with Crippen LogP contribution in [0.5, 0.6) is 11.5 Å². The van der Waals surface area contributed by atoms with Gasteiger partial charge in [-0.25, -0.2) is 4.79 Å². The minimum Gasteiger partial charge on any atom is -0.504 e. The van der Waals surface area contributed by atoms with Crippen molar-refractivity contribution in [2.45, 2.75) is 112 Å². The van der Waals surface area contributed by atoms with Crippen molar-refractivity contribution in [1.29, 1.82) is 0 Å². The van der Waals surface area contributed by atoms with Crippen molar-refractivity contribution in [2.75, 3.05) is 7.11 Å². The van der Waals surface area contributed by atoms with Crippen LogP contribution in [0, 0.1) is 52.3 Å². The Morgan fingerprint density at radius 1 is 1.00 bits per heavy atom. The van der Waals surface area contributed by atoms with E-state index in [-0.39, 0.29) is 5.75 Å². The zero-order chi connectivity index (χ0) is 30.1. The Kier molecular flexibility index (Phi) is 9.50. The number of carbonyl (C=O) groups is 1. The Bertz CT molecular complexity index is 1170. The Hall–Kier alpha value is -2.23. The number of benzene rings is 1. The largest absolute Gasteiger partial charge is 0.504 e. The molecule has 42 heavy (non-hydrogen) atoms. The average molecular weight is 577 g/mol. The fraction of sp³-hybridized carbons (Fsp3) is 0.711. The molecule has 1 aromatic carbocycles. The van der Waals surface area contributed by atoms with Crippen molar-refractivity contribution in [3.05, 3.63) is 41.7 Å². The highest BCUT2D eigenvalue weighted by molar-refractivity contribution is 5.87. The van der Waals surface area contributed by atoms with Crippen LogP contribution in [-0.4, -0.2) is 18.2 Å². The van der Waals surface area contributed by atoms with Crippen LogP contribution in [0.25, 0.3) is 6.08 Å². The summed E-state index contributed by atoms with van der Waals surface area (Å²) in [6, 6.07) is 4.96. The number of hydrogen-bond donors (Lipinski definition) is 1. The van der Waals surface area contributed by atoms with Crippen molar-refractivity contribution in [1.82, 2.24) is 0 Å². The zero-order valence-corrected chi connectivity index (χ0v) is 27.2. The number of allylic oxidation sites excluding steroid dienone is 1. The van der Waals surface area contributed by atoms with E-state index in [2.05, 4.69) is 34.6 Å².